The van der Waals surface area contributed by atoms with E-state index in [-0.39, 0.29) is 24.4 Å². The van der Waals surface area contributed by atoms with Crippen molar-refractivity contribution in [3.63, 3.8) is 0 Å². The van der Waals surface area contributed by atoms with E-state index in [2.05, 4.69) is 22.8 Å². The van der Waals surface area contributed by atoms with Gasteiger partial charge in [-0.3, -0.25) is 4.79 Å². The molecule has 0 unspecified atom stereocenters. The van der Waals surface area contributed by atoms with Crippen LogP contribution in [-0.2, 0) is 17.8 Å². The van der Waals surface area contributed by atoms with Gasteiger partial charge in [0.2, 0.25) is 5.91 Å². The van der Waals surface area contributed by atoms with Crippen LogP contribution in [0.3, 0.4) is 0 Å². The number of halogens is 1. The molecule has 0 aliphatic rings. The summed E-state index contributed by atoms with van der Waals surface area (Å²) >= 11 is 1.68. The van der Waals surface area contributed by atoms with Gasteiger partial charge in [0, 0.05) is 17.3 Å². The predicted octanol–water partition coefficient (Wildman–Crippen LogP) is 4.20. The number of amides is 1. The largest absolute Gasteiger partial charge is 0.352 e. The van der Waals surface area contributed by atoms with Crippen LogP contribution in [0.2, 0.25) is 0 Å². The number of thiophene rings is 1. The summed E-state index contributed by atoms with van der Waals surface area (Å²) < 4.78 is 1.22. The third kappa shape index (κ3) is 4.35. The van der Waals surface area contributed by atoms with E-state index in [0.29, 0.717) is 13.0 Å². The number of nitrogens with two attached hydrogens (primary N) is 1. The average Bonchev–Trinajstić information content (AvgIpc) is 2.96. The van der Waals surface area contributed by atoms with E-state index in [9.17, 15) is 4.79 Å². The quantitative estimate of drug-likeness (QED) is 0.716. The number of rotatable bonds is 5. The Morgan fingerprint density at radius 2 is 1.88 bits per heavy atom. The molecule has 0 fully saturated rings. The summed E-state index contributed by atoms with van der Waals surface area (Å²) in [5.74, 6) is 0.0461. The first-order chi connectivity index (χ1) is 11.1. The molecule has 126 valence electrons. The van der Waals surface area contributed by atoms with Crippen molar-refractivity contribution in [2.24, 2.45) is 5.73 Å². The molecule has 3 N–H and O–H groups in total. The Kier molecular flexibility index (Phi) is 6.37. The first kappa shape index (κ1) is 18.5. The average molecular weight is 361 g/mol. The maximum atomic E-state index is 12.2. The Balaban J connectivity index is 0.00000208. The Hall–Kier alpha value is -1.88. The van der Waals surface area contributed by atoms with Crippen LogP contribution < -0.4 is 11.1 Å². The molecule has 0 bridgehead atoms. The molecule has 1 heterocycles. The molecule has 0 radical (unpaired) electrons. The molecule has 1 amide bonds. The van der Waals surface area contributed by atoms with Gasteiger partial charge in [0.1, 0.15) is 0 Å². The van der Waals surface area contributed by atoms with Crippen molar-refractivity contribution >= 4 is 39.7 Å². The van der Waals surface area contributed by atoms with Crippen LogP contribution in [0.5, 0.6) is 0 Å². The minimum atomic E-state index is 0. The normalized spacial score (nSPS) is 11.8. The fraction of sp³-hybridized carbons (Fsp3) is 0.211. The van der Waals surface area contributed by atoms with Crippen molar-refractivity contribution in [3.05, 3.63) is 70.6 Å². The van der Waals surface area contributed by atoms with Gasteiger partial charge in [-0.1, -0.05) is 42.5 Å². The van der Waals surface area contributed by atoms with Gasteiger partial charge < -0.3 is 11.1 Å². The highest BCUT2D eigenvalue weighted by molar-refractivity contribution is 7.17. The van der Waals surface area contributed by atoms with Crippen LogP contribution in [0.15, 0.2) is 53.9 Å². The lowest BCUT2D eigenvalue weighted by Crippen LogP contribution is -2.24. The fourth-order valence-corrected chi connectivity index (χ4v) is 3.51. The monoisotopic (exact) mass is 360 g/mol. The lowest BCUT2D eigenvalue weighted by atomic mass is 10.1. The number of nitrogens with one attached hydrogen (secondary N) is 1. The van der Waals surface area contributed by atoms with Crippen molar-refractivity contribution in [2.75, 3.05) is 0 Å². The van der Waals surface area contributed by atoms with E-state index in [1.165, 1.54) is 10.1 Å². The molecular formula is C19H21ClN2OS. The SMILES string of the molecule is C[C@H](N)c1ccc(CNC(=O)Cc2csc3ccccc23)cc1.Cl. The molecule has 3 nitrogen and oxygen atoms in total. The van der Waals surface area contributed by atoms with Crippen LogP contribution in [0, 0.1) is 0 Å². The molecule has 1 atom stereocenters. The molecule has 0 aliphatic heterocycles. The van der Waals surface area contributed by atoms with E-state index < -0.39 is 0 Å². The highest BCUT2D eigenvalue weighted by Crippen LogP contribution is 2.25. The topological polar surface area (TPSA) is 55.1 Å². The van der Waals surface area contributed by atoms with Gasteiger partial charge >= 0.3 is 0 Å². The second kappa shape index (κ2) is 8.29. The second-order valence-electron chi connectivity index (χ2n) is 5.74. The molecule has 0 saturated carbocycles. The highest BCUT2D eigenvalue weighted by atomic mass is 35.5. The number of fused-ring (bicyclic) bond motifs is 1. The third-order valence-corrected chi connectivity index (χ3v) is 4.92. The first-order valence-corrected chi connectivity index (χ1v) is 8.57. The van der Waals surface area contributed by atoms with Crippen molar-refractivity contribution in [1.82, 2.24) is 5.32 Å². The summed E-state index contributed by atoms with van der Waals surface area (Å²) in [6.07, 6.45) is 0.419. The lowest BCUT2D eigenvalue weighted by Gasteiger charge is -2.08. The predicted molar refractivity (Wildman–Crippen MR) is 104 cm³/mol. The van der Waals surface area contributed by atoms with Gasteiger partial charge in [-0.15, -0.1) is 23.7 Å². The number of carbonyl (C=O) groups excluding carboxylic acids is 1. The molecule has 0 saturated heterocycles. The fourth-order valence-electron chi connectivity index (χ4n) is 2.54. The summed E-state index contributed by atoms with van der Waals surface area (Å²) in [6.45, 7) is 2.50. The zero-order chi connectivity index (χ0) is 16.2. The Labute approximate surface area is 152 Å². The van der Waals surface area contributed by atoms with Gasteiger partial charge in [-0.05, 0) is 40.4 Å². The summed E-state index contributed by atoms with van der Waals surface area (Å²) in [5.41, 5.74) is 9.11. The van der Waals surface area contributed by atoms with Gasteiger partial charge in [0.25, 0.3) is 0 Å². The number of hydrogen-bond acceptors (Lipinski definition) is 3. The molecule has 3 rings (SSSR count). The maximum Gasteiger partial charge on any atom is 0.224 e. The maximum absolute atomic E-state index is 12.2. The van der Waals surface area contributed by atoms with Crippen molar-refractivity contribution in [2.45, 2.75) is 25.9 Å². The van der Waals surface area contributed by atoms with Crippen LogP contribution in [0.25, 0.3) is 10.1 Å². The highest BCUT2D eigenvalue weighted by Gasteiger charge is 2.08. The summed E-state index contributed by atoms with van der Waals surface area (Å²) in [6, 6.07) is 16.3. The summed E-state index contributed by atoms with van der Waals surface area (Å²) in [7, 11) is 0. The Bertz CT molecular complexity index is 812. The number of hydrogen-bond donors (Lipinski definition) is 2. The van der Waals surface area contributed by atoms with E-state index in [1.54, 1.807) is 11.3 Å². The zero-order valence-electron chi connectivity index (χ0n) is 13.5. The van der Waals surface area contributed by atoms with Crippen LogP contribution in [0.4, 0.5) is 0 Å². The molecule has 0 aliphatic carbocycles. The van der Waals surface area contributed by atoms with Crippen LogP contribution in [0.1, 0.15) is 29.7 Å². The van der Waals surface area contributed by atoms with Gasteiger partial charge in [0.05, 0.1) is 6.42 Å². The molecule has 2 aromatic carbocycles. The molecule has 24 heavy (non-hydrogen) atoms. The van der Waals surface area contributed by atoms with Gasteiger partial charge in [0.15, 0.2) is 0 Å². The standard InChI is InChI=1S/C19H20N2OS.ClH/c1-13(20)15-8-6-14(7-9-15)11-21-19(22)10-16-12-23-18-5-3-2-4-17(16)18;/h2-9,12-13H,10-11,20H2,1H3,(H,21,22);1H/t13-;/m0./s1. The molecule has 3 aromatic rings. The van der Waals surface area contributed by atoms with Crippen molar-refractivity contribution in [3.8, 4) is 0 Å². The molecular weight excluding hydrogens is 340 g/mol. The summed E-state index contributed by atoms with van der Waals surface area (Å²) in [5, 5.41) is 6.23. The lowest BCUT2D eigenvalue weighted by molar-refractivity contribution is -0.120. The van der Waals surface area contributed by atoms with Gasteiger partial charge in [-0.25, -0.2) is 0 Å². The Morgan fingerprint density at radius 3 is 2.58 bits per heavy atom. The minimum Gasteiger partial charge on any atom is -0.352 e. The van der Waals surface area contributed by atoms with Crippen LogP contribution >= 0.6 is 23.7 Å². The third-order valence-electron chi connectivity index (χ3n) is 3.91. The van der Waals surface area contributed by atoms with E-state index in [0.717, 1.165) is 16.7 Å². The van der Waals surface area contributed by atoms with Crippen LogP contribution in [-0.4, -0.2) is 5.91 Å². The Morgan fingerprint density at radius 1 is 1.17 bits per heavy atom. The molecule has 0 spiro atoms. The van der Waals surface area contributed by atoms with Crippen molar-refractivity contribution < 1.29 is 4.79 Å². The zero-order valence-corrected chi connectivity index (χ0v) is 15.1. The minimum absolute atomic E-state index is 0. The number of carbonyl (C=O) groups is 1. The molecule has 5 heteroatoms. The second-order valence-corrected chi connectivity index (χ2v) is 6.65. The summed E-state index contributed by atoms with van der Waals surface area (Å²) in [4.78, 5) is 12.2. The van der Waals surface area contributed by atoms with Crippen molar-refractivity contribution in [1.29, 1.82) is 0 Å². The molecule has 1 aromatic heterocycles. The smallest absolute Gasteiger partial charge is 0.224 e. The van der Waals surface area contributed by atoms with E-state index >= 15 is 0 Å². The first-order valence-electron chi connectivity index (χ1n) is 7.69. The van der Waals surface area contributed by atoms with E-state index in [4.69, 9.17) is 5.73 Å². The van der Waals surface area contributed by atoms with E-state index in [1.807, 2.05) is 43.3 Å². The number of benzene rings is 2. The van der Waals surface area contributed by atoms with Gasteiger partial charge in [-0.2, -0.15) is 0 Å².